The van der Waals surface area contributed by atoms with Crippen molar-refractivity contribution >= 4 is 43.6 Å². The third-order valence-corrected chi connectivity index (χ3v) is 5.82. The molecule has 0 saturated heterocycles. The lowest BCUT2D eigenvalue weighted by atomic mass is 10.2. The Balaban J connectivity index is 0.000000567. The third kappa shape index (κ3) is 8.74. The zero-order valence-corrected chi connectivity index (χ0v) is 27.5. The average molecular weight is 541 g/mol. The molecule has 4 aromatic carbocycles. The van der Waals surface area contributed by atoms with Crippen molar-refractivity contribution in [2.24, 2.45) is 7.05 Å². The molecule has 0 aliphatic heterocycles. The summed E-state index contributed by atoms with van der Waals surface area (Å²) < 4.78 is 4.61. The van der Waals surface area contributed by atoms with E-state index >= 15 is 0 Å². The van der Waals surface area contributed by atoms with Gasteiger partial charge in [-0.15, -0.1) is 0 Å². The van der Waals surface area contributed by atoms with Gasteiger partial charge in [0.2, 0.25) is 0 Å². The number of hydrogen-bond donors (Lipinski definition) is 0. The summed E-state index contributed by atoms with van der Waals surface area (Å²) >= 11 is 0. The normalized spacial score (nSPS) is 9.20. The van der Waals surface area contributed by atoms with Crippen LogP contribution in [0, 0.1) is 0 Å². The molecule has 0 spiro atoms. The summed E-state index contributed by atoms with van der Waals surface area (Å²) in [6.07, 6.45) is 1.25. The first-order valence-corrected chi connectivity index (χ1v) is 15.6. The summed E-state index contributed by atoms with van der Waals surface area (Å²) in [5, 5.41) is 5.39. The lowest BCUT2D eigenvalue weighted by Gasteiger charge is -2.01. The number of para-hydroxylation sites is 4. The van der Waals surface area contributed by atoms with Crippen molar-refractivity contribution in [3.05, 3.63) is 97.1 Å². The molecule has 2 nitrogen and oxygen atoms in total. The van der Waals surface area contributed by atoms with Crippen LogP contribution in [0.3, 0.4) is 0 Å². The first kappa shape index (κ1) is 36.5. The van der Waals surface area contributed by atoms with Crippen molar-refractivity contribution in [3.8, 4) is 0 Å². The molecule has 0 radical (unpaired) electrons. The molecule has 0 atom stereocenters. The zero-order chi connectivity index (χ0) is 30.5. The maximum atomic E-state index is 2.37. The van der Waals surface area contributed by atoms with Gasteiger partial charge in [-0.2, -0.15) is 0 Å². The quantitative estimate of drug-likeness (QED) is 0.196. The van der Waals surface area contributed by atoms with Crippen LogP contribution in [0.25, 0.3) is 43.6 Å². The molecule has 6 aromatic rings. The predicted molar refractivity (Wildman–Crippen MR) is 187 cm³/mol. The van der Waals surface area contributed by atoms with Gasteiger partial charge in [0, 0.05) is 57.2 Å². The van der Waals surface area contributed by atoms with Crippen molar-refractivity contribution in [2.45, 2.75) is 89.1 Å². The molecule has 2 heteroatoms. The molecule has 2 heterocycles. The molecule has 0 aliphatic rings. The van der Waals surface area contributed by atoms with Gasteiger partial charge in [0.15, 0.2) is 0 Å². The largest absolute Gasteiger partial charge is 0.344 e. The SMILES string of the molecule is CC.CC.CC.CC.CCC.CCn1c2ccccc2c2ccccc21.Cn1c2ccccc2c2ccccc21. The molecule has 0 bridgehead atoms. The van der Waals surface area contributed by atoms with Crippen LogP contribution in [0.2, 0.25) is 0 Å². The van der Waals surface area contributed by atoms with Crippen LogP contribution in [0.5, 0.6) is 0 Å². The summed E-state index contributed by atoms with van der Waals surface area (Å²) in [7, 11) is 2.12. The fraction of sp³-hybridized carbons (Fsp3) is 0.368. The Labute approximate surface area is 245 Å². The fourth-order valence-electron chi connectivity index (χ4n) is 4.46. The minimum absolute atomic E-state index is 1.02. The molecule has 0 amide bonds. The van der Waals surface area contributed by atoms with Crippen molar-refractivity contribution in [3.63, 3.8) is 0 Å². The summed E-state index contributed by atoms with van der Waals surface area (Å²) in [5.74, 6) is 0. The minimum atomic E-state index is 1.02. The number of rotatable bonds is 1. The third-order valence-electron chi connectivity index (χ3n) is 5.82. The molecule has 6 rings (SSSR count). The van der Waals surface area contributed by atoms with E-state index in [1.165, 1.54) is 50.0 Å². The van der Waals surface area contributed by atoms with E-state index in [0.717, 1.165) is 6.54 Å². The summed E-state index contributed by atoms with van der Waals surface area (Å²) in [6, 6.07) is 34.2. The Morgan fingerprint density at radius 2 is 0.625 bits per heavy atom. The molecule has 2 aromatic heterocycles. The first-order chi connectivity index (χ1) is 19.7. The van der Waals surface area contributed by atoms with Crippen LogP contribution in [0.1, 0.15) is 82.6 Å². The smallest absolute Gasteiger partial charge is 0.0491 e. The minimum Gasteiger partial charge on any atom is -0.344 e. The van der Waals surface area contributed by atoms with Crippen LogP contribution >= 0.6 is 0 Å². The van der Waals surface area contributed by atoms with Gasteiger partial charge < -0.3 is 9.13 Å². The highest BCUT2D eigenvalue weighted by Gasteiger charge is 2.07. The topological polar surface area (TPSA) is 9.86 Å². The molecule has 0 unspecified atom stereocenters. The molecule has 0 saturated carbocycles. The average Bonchev–Trinajstić information content (AvgIpc) is 3.54. The molecule has 218 valence electrons. The molecule has 0 N–H and O–H groups in total. The first-order valence-electron chi connectivity index (χ1n) is 15.6. The van der Waals surface area contributed by atoms with E-state index < -0.39 is 0 Å². The predicted octanol–water partition coefficient (Wildman–Crippen LogP) is 12.7. The van der Waals surface area contributed by atoms with Gasteiger partial charge in [-0.1, -0.05) is 148 Å². The Morgan fingerprint density at radius 3 is 0.900 bits per heavy atom. The van der Waals surface area contributed by atoms with E-state index in [0.29, 0.717) is 0 Å². The van der Waals surface area contributed by atoms with Crippen LogP contribution < -0.4 is 0 Å². The number of hydrogen-bond acceptors (Lipinski definition) is 0. The van der Waals surface area contributed by atoms with Crippen LogP contribution in [-0.4, -0.2) is 9.13 Å². The zero-order valence-electron chi connectivity index (χ0n) is 27.5. The van der Waals surface area contributed by atoms with Gasteiger partial charge in [-0.05, 0) is 31.2 Å². The van der Waals surface area contributed by atoms with Gasteiger partial charge in [-0.3, -0.25) is 0 Å². The number of aromatic nitrogens is 2. The van der Waals surface area contributed by atoms with Crippen LogP contribution in [0.15, 0.2) is 97.1 Å². The Hall–Kier alpha value is -3.52. The molecule has 0 fully saturated rings. The van der Waals surface area contributed by atoms with E-state index in [1.54, 1.807) is 0 Å². The second-order valence-electron chi connectivity index (χ2n) is 8.08. The van der Waals surface area contributed by atoms with E-state index in [9.17, 15) is 0 Å². The summed E-state index contributed by atoms with van der Waals surface area (Å²) in [4.78, 5) is 0. The lowest BCUT2D eigenvalue weighted by Crippen LogP contribution is -1.91. The number of aryl methyl sites for hydroxylation is 2. The molecular formula is C38H56N2. The van der Waals surface area contributed by atoms with E-state index in [4.69, 9.17) is 0 Å². The number of nitrogens with zero attached hydrogens (tertiary/aromatic N) is 2. The fourth-order valence-corrected chi connectivity index (χ4v) is 4.46. The molecular weight excluding hydrogens is 484 g/mol. The Morgan fingerprint density at radius 1 is 0.400 bits per heavy atom. The van der Waals surface area contributed by atoms with Crippen molar-refractivity contribution in [2.75, 3.05) is 0 Å². The highest BCUT2D eigenvalue weighted by molar-refractivity contribution is 6.08. The van der Waals surface area contributed by atoms with E-state index in [-0.39, 0.29) is 0 Å². The highest BCUT2D eigenvalue weighted by atomic mass is 15.0. The van der Waals surface area contributed by atoms with Crippen LogP contribution in [-0.2, 0) is 13.6 Å². The monoisotopic (exact) mass is 540 g/mol. The van der Waals surface area contributed by atoms with Crippen molar-refractivity contribution in [1.82, 2.24) is 9.13 Å². The highest BCUT2D eigenvalue weighted by Crippen LogP contribution is 2.28. The Bertz CT molecular complexity index is 1360. The van der Waals surface area contributed by atoms with Gasteiger partial charge in [0.1, 0.15) is 0 Å². The second-order valence-corrected chi connectivity index (χ2v) is 8.08. The maximum Gasteiger partial charge on any atom is 0.0491 e. The second kappa shape index (κ2) is 21.3. The standard InChI is InChI=1S/C14H13N.C13H11N.C3H8.4C2H6/c1-2-15-13-9-5-3-7-11(13)12-8-4-6-10-14(12)15;1-14-12-8-4-2-6-10(12)11-7-3-5-9-13(11)14;1-3-2;4*1-2/h3-10H,2H2,1H3;2-9H,1H3;3H2,1-2H3;4*1-2H3. The number of fused-ring (bicyclic) bond motifs is 6. The summed E-state index contributed by atoms with van der Waals surface area (Å²) in [5.41, 5.74) is 5.27. The Kier molecular flexibility index (Phi) is 19.4. The van der Waals surface area contributed by atoms with Gasteiger partial charge >= 0.3 is 0 Å². The number of benzene rings is 4. The lowest BCUT2D eigenvalue weighted by molar-refractivity contribution is 0.827. The molecule has 40 heavy (non-hydrogen) atoms. The van der Waals surface area contributed by atoms with Crippen molar-refractivity contribution in [1.29, 1.82) is 0 Å². The van der Waals surface area contributed by atoms with Gasteiger partial charge in [-0.25, -0.2) is 0 Å². The van der Waals surface area contributed by atoms with Crippen molar-refractivity contribution < 1.29 is 0 Å². The summed E-state index contributed by atoms with van der Waals surface area (Å²) in [6.45, 7) is 23.5. The van der Waals surface area contributed by atoms with Gasteiger partial charge in [0.05, 0.1) is 0 Å². The van der Waals surface area contributed by atoms with E-state index in [2.05, 4.69) is 134 Å². The maximum absolute atomic E-state index is 2.37. The van der Waals surface area contributed by atoms with E-state index in [1.807, 2.05) is 55.4 Å². The van der Waals surface area contributed by atoms with Gasteiger partial charge in [0.25, 0.3) is 0 Å². The van der Waals surface area contributed by atoms with Crippen LogP contribution in [0.4, 0.5) is 0 Å². The molecule has 0 aliphatic carbocycles.